The largest absolute Gasteiger partial charge is 0.438 e. The number of ether oxygens (including phenoxy) is 1. The Balaban J connectivity index is 2.04. The molecule has 0 fully saturated rings. The molecule has 0 radical (unpaired) electrons. The fourth-order valence-corrected chi connectivity index (χ4v) is 3.18. The SMILES string of the molecule is C#Cc1cccc2c1[C@H](O)N(c1ccccc1)C([C@H](C)OC(=O)NC(C)(C)C)=N2. The van der Waals surface area contributed by atoms with Gasteiger partial charge in [-0.05, 0) is 52.0 Å². The van der Waals surface area contributed by atoms with Gasteiger partial charge < -0.3 is 15.2 Å². The van der Waals surface area contributed by atoms with Crippen LogP contribution in [-0.4, -0.2) is 28.7 Å². The molecule has 0 aromatic heterocycles. The number of alkyl carbamates (subject to hydrolysis) is 1. The number of aliphatic hydroxyl groups excluding tert-OH is 1. The number of rotatable bonds is 3. The molecule has 0 saturated carbocycles. The summed E-state index contributed by atoms with van der Waals surface area (Å²) < 4.78 is 5.56. The van der Waals surface area contributed by atoms with Gasteiger partial charge in [0.25, 0.3) is 0 Å². The van der Waals surface area contributed by atoms with E-state index >= 15 is 0 Å². The van der Waals surface area contributed by atoms with E-state index in [9.17, 15) is 9.90 Å². The highest BCUT2D eigenvalue weighted by molar-refractivity contribution is 6.05. The lowest BCUT2D eigenvalue weighted by molar-refractivity contribution is 0.121. The maximum absolute atomic E-state index is 12.3. The minimum Gasteiger partial charge on any atom is -0.438 e. The molecule has 29 heavy (non-hydrogen) atoms. The van der Waals surface area contributed by atoms with E-state index in [0.717, 1.165) is 0 Å². The van der Waals surface area contributed by atoms with Crippen LogP contribution in [-0.2, 0) is 4.74 Å². The first-order chi connectivity index (χ1) is 13.7. The molecular formula is C23H25N3O3. The zero-order chi connectivity index (χ0) is 21.2. The fourth-order valence-electron chi connectivity index (χ4n) is 3.18. The van der Waals surface area contributed by atoms with Gasteiger partial charge in [-0.1, -0.05) is 30.2 Å². The average Bonchev–Trinajstić information content (AvgIpc) is 2.66. The Morgan fingerprint density at radius 1 is 1.24 bits per heavy atom. The molecular weight excluding hydrogens is 366 g/mol. The number of carbonyl (C=O) groups is 1. The van der Waals surface area contributed by atoms with Crippen LogP contribution in [0.15, 0.2) is 53.5 Å². The Kier molecular flexibility index (Phi) is 5.62. The molecule has 3 rings (SSSR count). The Bertz CT molecular complexity index is 971. The molecule has 2 aromatic carbocycles. The molecule has 0 saturated heterocycles. The van der Waals surface area contributed by atoms with Gasteiger partial charge in [0.2, 0.25) is 0 Å². The molecule has 2 N–H and O–H groups in total. The lowest BCUT2D eigenvalue weighted by atomic mass is 10.0. The third-order valence-electron chi connectivity index (χ3n) is 4.38. The number of para-hydroxylation sites is 1. The predicted octanol–water partition coefficient (Wildman–Crippen LogP) is 4.12. The highest BCUT2D eigenvalue weighted by Crippen LogP contribution is 2.39. The van der Waals surface area contributed by atoms with Gasteiger partial charge in [-0.3, -0.25) is 4.90 Å². The molecule has 2 atom stereocenters. The summed E-state index contributed by atoms with van der Waals surface area (Å²) in [5, 5.41) is 14.0. The average molecular weight is 391 g/mol. The number of terminal acetylenes is 1. The van der Waals surface area contributed by atoms with Gasteiger partial charge in [0.1, 0.15) is 0 Å². The first-order valence-electron chi connectivity index (χ1n) is 9.40. The van der Waals surface area contributed by atoms with Crippen molar-refractivity contribution in [2.75, 3.05) is 4.90 Å². The van der Waals surface area contributed by atoms with Crippen molar-refractivity contribution in [1.82, 2.24) is 5.32 Å². The van der Waals surface area contributed by atoms with Crippen LogP contribution in [0, 0.1) is 12.3 Å². The van der Waals surface area contributed by atoms with Crippen LogP contribution in [0.25, 0.3) is 0 Å². The quantitative estimate of drug-likeness (QED) is 0.772. The van der Waals surface area contributed by atoms with E-state index in [4.69, 9.17) is 16.2 Å². The topological polar surface area (TPSA) is 74.2 Å². The van der Waals surface area contributed by atoms with Crippen LogP contribution in [0.2, 0.25) is 0 Å². The fraction of sp³-hybridized carbons (Fsp3) is 0.304. The minimum absolute atomic E-state index is 0.412. The van der Waals surface area contributed by atoms with Crippen LogP contribution in [0.4, 0.5) is 16.2 Å². The molecule has 1 aliphatic heterocycles. The van der Waals surface area contributed by atoms with E-state index in [-0.39, 0.29) is 0 Å². The number of amidine groups is 1. The Labute approximate surface area is 171 Å². The summed E-state index contributed by atoms with van der Waals surface area (Å²) >= 11 is 0. The predicted molar refractivity (Wildman–Crippen MR) is 114 cm³/mol. The van der Waals surface area contributed by atoms with Crippen molar-refractivity contribution in [3.05, 3.63) is 59.7 Å². The number of benzene rings is 2. The third kappa shape index (κ3) is 4.41. The van der Waals surface area contributed by atoms with Gasteiger partial charge in [0.05, 0.1) is 5.69 Å². The second kappa shape index (κ2) is 7.98. The van der Waals surface area contributed by atoms with Gasteiger partial charge in [-0.15, -0.1) is 6.42 Å². The standard InChI is InChI=1S/C23H25N3O3/c1-6-16-11-10-14-18-19(16)21(27)26(17-12-8-7-9-13-17)20(24-18)15(2)29-22(28)25-23(3,4)5/h1,7-15,21,27H,2-5H3,(H,25,28)/t15-,21-/m0/s1. The number of amides is 1. The van der Waals surface area contributed by atoms with Gasteiger partial charge in [0.15, 0.2) is 18.2 Å². The maximum Gasteiger partial charge on any atom is 0.408 e. The molecule has 1 amide bonds. The van der Waals surface area contributed by atoms with Crippen molar-refractivity contribution in [2.45, 2.75) is 45.6 Å². The number of anilines is 1. The van der Waals surface area contributed by atoms with Crippen LogP contribution >= 0.6 is 0 Å². The van der Waals surface area contributed by atoms with E-state index in [1.54, 1.807) is 30.0 Å². The highest BCUT2D eigenvalue weighted by Gasteiger charge is 2.35. The summed E-state index contributed by atoms with van der Waals surface area (Å²) in [6, 6.07) is 14.6. The normalized spacial score (nSPS) is 16.9. The van der Waals surface area contributed by atoms with Crippen molar-refractivity contribution >= 4 is 23.3 Å². The molecule has 0 aliphatic carbocycles. The number of aliphatic imine (C=N–C) groups is 1. The van der Waals surface area contributed by atoms with Crippen molar-refractivity contribution < 1.29 is 14.6 Å². The van der Waals surface area contributed by atoms with Crippen molar-refractivity contribution in [3.63, 3.8) is 0 Å². The van der Waals surface area contributed by atoms with E-state index in [0.29, 0.717) is 28.3 Å². The van der Waals surface area contributed by atoms with Crippen molar-refractivity contribution in [2.24, 2.45) is 4.99 Å². The monoisotopic (exact) mass is 391 g/mol. The molecule has 0 bridgehead atoms. The van der Waals surface area contributed by atoms with Crippen molar-refractivity contribution in [1.29, 1.82) is 0 Å². The lowest BCUT2D eigenvalue weighted by Gasteiger charge is -2.37. The Morgan fingerprint density at radius 2 is 1.93 bits per heavy atom. The first-order valence-corrected chi connectivity index (χ1v) is 9.40. The van der Waals surface area contributed by atoms with E-state index in [1.165, 1.54) is 0 Å². The summed E-state index contributed by atoms with van der Waals surface area (Å²) in [7, 11) is 0. The number of aliphatic hydroxyl groups is 1. The number of carbonyl (C=O) groups excluding carboxylic acids is 1. The second-order valence-corrected chi connectivity index (χ2v) is 7.85. The van der Waals surface area contributed by atoms with Crippen LogP contribution in [0.5, 0.6) is 0 Å². The summed E-state index contributed by atoms with van der Waals surface area (Å²) in [4.78, 5) is 18.6. The number of nitrogens with one attached hydrogen (secondary N) is 1. The molecule has 2 aromatic rings. The molecule has 6 nitrogen and oxygen atoms in total. The van der Waals surface area contributed by atoms with E-state index in [2.05, 4.69) is 11.2 Å². The zero-order valence-electron chi connectivity index (χ0n) is 17.0. The van der Waals surface area contributed by atoms with Crippen LogP contribution in [0.3, 0.4) is 0 Å². The second-order valence-electron chi connectivity index (χ2n) is 7.85. The van der Waals surface area contributed by atoms with Gasteiger partial charge in [-0.25, -0.2) is 9.79 Å². The van der Waals surface area contributed by atoms with Crippen LogP contribution < -0.4 is 10.2 Å². The zero-order valence-corrected chi connectivity index (χ0v) is 17.0. The maximum atomic E-state index is 12.3. The third-order valence-corrected chi connectivity index (χ3v) is 4.38. The smallest absolute Gasteiger partial charge is 0.408 e. The molecule has 150 valence electrons. The number of nitrogens with zero attached hydrogens (tertiary/aromatic N) is 2. The van der Waals surface area contributed by atoms with Gasteiger partial charge >= 0.3 is 6.09 Å². The number of hydrogen-bond acceptors (Lipinski definition) is 5. The molecule has 6 heteroatoms. The van der Waals surface area contributed by atoms with Gasteiger partial charge in [0, 0.05) is 22.4 Å². The summed E-state index contributed by atoms with van der Waals surface area (Å²) in [5.74, 6) is 3.02. The van der Waals surface area contributed by atoms with Crippen molar-refractivity contribution in [3.8, 4) is 12.3 Å². The number of hydrogen-bond donors (Lipinski definition) is 2. The minimum atomic E-state index is -1.07. The van der Waals surface area contributed by atoms with E-state index in [1.807, 2.05) is 51.1 Å². The van der Waals surface area contributed by atoms with E-state index < -0.39 is 24.0 Å². The van der Waals surface area contributed by atoms with Crippen LogP contribution in [0.1, 0.15) is 45.0 Å². The lowest BCUT2D eigenvalue weighted by Crippen LogP contribution is -2.47. The summed E-state index contributed by atoms with van der Waals surface area (Å²) in [6.45, 7) is 7.33. The summed E-state index contributed by atoms with van der Waals surface area (Å²) in [5.41, 5.74) is 1.95. The number of fused-ring (bicyclic) bond motifs is 1. The molecule has 0 spiro atoms. The first kappa shape index (κ1) is 20.4. The molecule has 0 unspecified atom stereocenters. The molecule has 1 aliphatic rings. The Morgan fingerprint density at radius 3 is 2.55 bits per heavy atom. The molecule has 1 heterocycles. The van der Waals surface area contributed by atoms with Gasteiger partial charge in [-0.2, -0.15) is 0 Å². The summed E-state index contributed by atoms with van der Waals surface area (Å²) in [6.07, 6.45) is 3.30. The Hall–Kier alpha value is -3.30. The highest BCUT2D eigenvalue weighted by atomic mass is 16.6.